The zero-order valence-electron chi connectivity index (χ0n) is 11.5. The third kappa shape index (κ3) is 4.26. The number of thiocarbonyl (C=S) groups is 1. The van der Waals surface area contributed by atoms with Crippen LogP contribution in [0, 0.1) is 0 Å². The first-order valence-corrected chi connectivity index (χ1v) is 9.10. The summed E-state index contributed by atoms with van der Waals surface area (Å²) in [5, 5.41) is 0. The van der Waals surface area contributed by atoms with E-state index in [1.54, 1.807) is 18.2 Å². The molecule has 0 amide bonds. The second-order valence-electron chi connectivity index (χ2n) is 4.52. The predicted octanol–water partition coefficient (Wildman–Crippen LogP) is 2.94. The summed E-state index contributed by atoms with van der Waals surface area (Å²) >= 11 is 6.13. The third-order valence-corrected chi connectivity index (χ3v) is 6.08. The molecule has 1 aromatic carbocycles. The molecule has 2 aromatic rings. The Hall–Kier alpha value is -1.44. The summed E-state index contributed by atoms with van der Waals surface area (Å²) in [7, 11) is -3.52. The largest absolute Gasteiger partial charge is 0.393 e. The maximum Gasteiger partial charge on any atom is 0.271 e. The molecule has 4 nitrogen and oxygen atoms in total. The van der Waals surface area contributed by atoms with E-state index in [-0.39, 0.29) is 0 Å². The Balaban J connectivity index is 2.14. The Bertz CT molecular complexity index is 734. The summed E-state index contributed by atoms with van der Waals surface area (Å²) in [6.45, 7) is 2.00. The van der Waals surface area contributed by atoms with Crippen LogP contribution in [0.5, 0.6) is 0 Å². The lowest BCUT2D eigenvalue weighted by atomic mass is 10.1. The number of nitrogens with one attached hydrogen (secondary N) is 1. The molecule has 2 rings (SSSR count). The van der Waals surface area contributed by atoms with E-state index >= 15 is 0 Å². The maximum atomic E-state index is 12.3. The average Bonchev–Trinajstić information content (AvgIpc) is 2.90. The van der Waals surface area contributed by atoms with E-state index < -0.39 is 10.0 Å². The van der Waals surface area contributed by atoms with Gasteiger partial charge in [-0.2, -0.15) is 0 Å². The molecule has 0 radical (unpaired) electrons. The van der Waals surface area contributed by atoms with Crippen LogP contribution >= 0.6 is 23.6 Å². The van der Waals surface area contributed by atoms with Crippen LogP contribution in [0.2, 0.25) is 0 Å². The van der Waals surface area contributed by atoms with Gasteiger partial charge in [0.15, 0.2) is 0 Å². The second-order valence-corrected chi connectivity index (χ2v) is 8.12. The fourth-order valence-corrected chi connectivity index (χ4v) is 4.31. The van der Waals surface area contributed by atoms with E-state index in [2.05, 4.69) is 4.72 Å². The Kier molecular flexibility index (Phi) is 4.97. The van der Waals surface area contributed by atoms with Crippen LogP contribution in [0.15, 0.2) is 40.6 Å². The molecule has 112 valence electrons. The van der Waals surface area contributed by atoms with Gasteiger partial charge in [0.05, 0.1) is 4.99 Å². The van der Waals surface area contributed by atoms with Crippen LogP contribution in [-0.2, 0) is 22.9 Å². The number of hydrogen-bond acceptors (Lipinski definition) is 4. The molecular formula is C14H16N2O2S3. The van der Waals surface area contributed by atoms with Crippen molar-refractivity contribution in [1.29, 1.82) is 0 Å². The summed E-state index contributed by atoms with van der Waals surface area (Å²) in [4.78, 5) is 1.45. The lowest BCUT2D eigenvalue weighted by Gasteiger charge is -2.07. The van der Waals surface area contributed by atoms with Gasteiger partial charge in [-0.05, 0) is 36.2 Å². The zero-order valence-corrected chi connectivity index (χ0v) is 13.9. The van der Waals surface area contributed by atoms with Gasteiger partial charge in [0.2, 0.25) is 0 Å². The average molecular weight is 340 g/mol. The smallest absolute Gasteiger partial charge is 0.271 e. The van der Waals surface area contributed by atoms with Crippen LogP contribution < -0.4 is 10.5 Å². The van der Waals surface area contributed by atoms with Crippen LogP contribution in [-0.4, -0.2) is 13.4 Å². The molecule has 0 unspecified atom stereocenters. The van der Waals surface area contributed by atoms with Gasteiger partial charge in [-0.1, -0.05) is 31.3 Å². The van der Waals surface area contributed by atoms with Gasteiger partial charge in [0, 0.05) is 17.0 Å². The Morgan fingerprint density at radius 2 is 1.90 bits per heavy atom. The number of aryl methyl sites for hydroxylation is 1. The van der Waals surface area contributed by atoms with Crippen molar-refractivity contribution in [3.63, 3.8) is 0 Å². The number of nitrogens with two attached hydrogens (primary N) is 1. The molecule has 0 saturated carbocycles. The van der Waals surface area contributed by atoms with Crippen molar-refractivity contribution in [2.45, 2.75) is 24.0 Å². The lowest BCUT2D eigenvalue weighted by Crippen LogP contribution is -2.12. The number of thiophene rings is 1. The fourth-order valence-electron chi connectivity index (χ4n) is 1.79. The highest BCUT2D eigenvalue weighted by molar-refractivity contribution is 7.94. The molecule has 0 bridgehead atoms. The Morgan fingerprint density at radius 1 is 1.24 bits per heavy atom. The minimum absolute atomic E-state index is 0.326. The Morgan fingerprint density at radius 3 is 2.43 bits per heavy atom. The van der Waals surface area contributed by atoms with Crippen LogP contribution in [0.3, 0.4) is 0 Å². The van der Waals surface area contributed by atoms with Gasteiger partial charge in [0.25, 0.3) is 10.0 Å². The minimum Gasteiger partial charge on any atom is -0.393 e. The molecule has 0 saturated heterocycles. The van der Waals surface area contributed by atoms with Crippen molar-refractivity contribution in [2.24, 2.45) is 5.73 Å². The van der Waals surface area contributed by atoms with Crippen molar-refractivity contribution >= 4 is 44.3 Å². The monoisotopic (exact) mass is 340 g/mol. The molecule has 0 fully saturated rings. The predicted molar refractivity (Wildman–Crippen MR) is 91.4 cm³/mol. The molecule has 0 spiro atoms. The van der Waals surface area contributed by atoms with Gasteiger partial charge < -0.3 is 5.73 Å². The normalized spacial score (nSPS) is 11.3. The van der Waals surface area contributed by atoms with Crippen molar-refractivity contribution in [3.8, 4) is 0 Å². The molecule has 0 aliphatic rings. The summed E-state index contributed by atoms with van der Waals surface area (Å²) < 4.78 is 27.4. The number of benzene rings is 1. The number of sulfonamides is 1. The van der Waals surface area contributed by atoms with Gasteiger partial charge >= 0.3 is 0 Å². The standard InChI is InChI=1S/C14H16N2O2S3/c1-2-12-7-8-14(20-12)21(17,18)16-11-5-3-10(4-6-11)9-13(15)19/h3-8,16H,2,9H2,1H3,(H2,15,19). The van der Waals surface area contributed by atoms with E-state index in [4.69, 9.17) is 18.0 Å². The molecular weight excluding hydrogens is 324 g/mol. The van der Waals surface area contributed by atoms with E-state index in [1.165, 1.54) is 11.3 Å². The SMILES string of the molecule is CCc1ccc(S(=O)(=O)Nc2ccc(CC(N)=S)cc2)s1. The van der Waals surface area contributed by atoms with E-state index in [0.29, 0.717) is 21.3 Å². The number of anilines is 1. The summed E-state index contributed by atoms with van der Waals surface area (Å²) in [6.07, 6.45) is 1.33. The van der Waals surface area contributed by atoms with Gasteiger partial charge in [-0.25, -0.2) is 8.42 Å². The molecule has 1 aromatic heterocycles. The van der Waals surface area contributed by atoms with E-state index in [0.717, 1.165) is 16.9 Å². The van der Waals surface area contributed by atoms with E-state index in [1.807, 2.05) is 25.1 Å². The second kappa shape index (κ2) is 6.55. The minimum atomic E-state index is -3.52. The summed E-state index contributed by atoms with van der Waals surface area (Å²) in [5.41, 5.74) is 6.95. The number of hydrogen-bond donors (Lipinski definition) is 2. The van der Waals surface area contributed by atoms with Crippen LogP contribution in [0.4, 0.5) is 5.69 Å². The summed E-state index contributed by atoms with van der Waals surface area (Å²) in [6, 6.07) is 10.5. The first kappa shape index (κ1) is 15.9. The fraction of sp³-hybridized carbons (Fsp3) is 0.214. The highest BCUT2D eigenvalue weighted by atomic mass is 32.2. The molecule has 1 heterocycles. The first-order chi connectivity index (χ1) is 9.90. The molecule has 3 N–H and O–H groups in total. The van der Waals surface area contributed by atoms with Gasteiger partial charge in [-0.15, -0.1) is 11.3 Å². The first-order valence-electron chi connectivity index (χ1n) is 6.39. The van der Waals surface area contributed by atoms with Crippen molar-refractivity contribution < 1.29 is 8.42 Å². The topological polar surface area (TPSA) is 72.2 Å². The zero-order chi connectivity index (χ0) is 15.5. The maximum absolute atomic E-state index is 12.3. The van der Waals surface area contributed by atoms with Crippen LogP contribution in [0.25, 0.3) is 0 Å². The Labute approximate surface area is 134 Å². The quantitative estimate of drug-likeness (QED) is 0.793. The van der Waals surface area contributed by atoms with E-state index in [9.17, 15) is 8.42 Å². The summed E-state index contributed by atoms with van der Waals surface area (Å²) in [5.74, 6) is 0. The molecule has 0 atom stereocenters. The van der Waals surface area contributed by atoms with Gasteiger partial charge in [0.1, 0.15) is 4.21 Å². The van der Waals surface area contributed by atoms with Crippen molar-refractivity contribution in [1.82, 2.24) is 0 Å². The third-order valence-electron chi connectivity index (χ3n) is 2.83. The van der Waals surface area contributed by atoms with Gasteiger partial charge in [-0.3, -0.25) is 4.72 Å². The lowest BCUT2D eigenvalue weighted by molar-refractivity contribution is 0.603. The van der Waals surface area contributed by atoms with Crippen molar-refractivity contribution in [3.05, 3.63) is 46.8 Å². The highest BCUT2D eigenvalue weighted by Crippen LogP contribution is 2.24. The molecule has 7 heteroatoms. The van der Waals surface area contributed by atoms with Crippen molar-refractivity contribution in [2.75, 3.05) is 4.72 Å². The van der Waals surface area contributed by atoms with Crippen LogP contribution in [0.1, 0.15) is 17.4 Å². The highest BCUT2D eigenvalue weighted by Gasteiger charge is 2.16. The molecule has 0 aliphatic carbocycles. The number of rotatable bonds is 6. The molecule has 0 aliphatic heterocycles. The molecule has 21 heavy (non-hydrogen) atoms.